The molecule has 0 atom stereocenters. The second-order valence-corrected chi connectivity index (χ2v) is 16.6. The van der Waals surface area contributed by atoms with Crippen molar-refractivity contribution in [1.82, 2.24) is 0 Å². The molecule has 4 nitrogen and oxygen atoms in total. The van der Waals surface area contributed by atoms with Crippen molar-refractivity contribution in [3.63, 3.8) is 0 Å². The normalized spacial score (nSPS) is 11.0. The topological polar surface area (TPSA) is 13.0 Å². The van der Waals surface area contributed by atoms with Gasteiger partial charge in [-0.15, -0.1) is 0 Å². The summed E-state index contributed by atoms with van der Waals surface area (Å²) in [7, 11) is 0. The summed E-state index contributed by atoms with van der Waals surface area (Å²) in [5.41, 5.74) is 20.7. The van der Waals surface area contributed by atoms with Crippen LogP contribution < -0.4 is 19.6 Å². The fourth-order valence-corrected chi connectivity index (χ4v) is 8.81. The summed E-state index contributed by atoms with van der Waals surface area (Å²) in [4.78, 5) is 9.48. The van der Waals surface area contributed by atoms with Gasteiger partial charge in [-0.05, 0) is 184 Å². The number of benzene rings is 9. The second kappa shape index (κ2) is 18.3. The average Bonchev–Trinajstić information content (AvgIpc) is 3.32. The summed E-state index contributed by atoms with van der Waals surface area (Å²) in [5.74, 6) is 0. The maximum atomic E-state index is 2.37. The molecular formula is C60H54N4. The lowest BCUT2D eigenvalue weighted by Gasteiger charge is -2.31. The third kappa shape index (κ3) is 8.26. The van der Waals surface area contributed by atoms with Gasteiger partial charge in [-0.3, -0.25) is 0 Å². The molecule has 9 aromatic carbocycles. The first-order valence-electron chi connectivity index (χ1n) is 22.1. The zero-order chi connectivity index (χ0) is 44.2. The second-order valence-electron chi connectivity index (χ2n) is 16.6. The lowest BCUT2D eigenvalue weighted by molar-refractivity contribution is 1.21. The lowest BCUT2D eigenvalue weighted by atomic mass is 10.1. The van der Waals surface area contributed by atoms with Crippen LogP contribution in [0.4, 0.5) is 68.2 Å². The molecule has 0 unspecified atom stereocenters. The molecule has 0 saturated carbocycles. The molecule has 0 spiro atoms. The van der Waals surface area contributed by atoms with E-state index in [4.69, 9.17) is 0 Å². The third-order valence-corrected chi connectivity index (χ3v) is 12.2. The van der Waals surface area contributed by atoms with Crippen LogP contribution in [0.1, 0.15) is 33.4 Å². The van der Waals surface area contributed by atoms with Crippen molar-refractivity contribution >= 4 is 68.2 Å². The van der Waals surface area contributed by atoms with Crippen LogP contribution in [0.25, 0.3) is 0 Å². The quantitative estimate of drug-likeness (QED) is 0.122. The highest BCUT2D eigenvalue weighted by atomic mass is 15.2. The highest BCUT2D eigenvalue weighted by molar-refractivity contribution is 5.87. The molecule has 0 N–H and O–H groups in total. The zero-order valence-corrected chi connectivity index (χ0v) is 37.6. The van der Waals surface area contributed by atoms with E-state index in [9.17, 15) is 0 Å². The largest absolute Gasteiger partial charge is 0.310 e. The van der Waals surface area contributed by atoms with Crippen molar-refractivity contribution in [2.24, 2.45) is 0 Å². The summed E-state index contributed by atoms with van der Waals surface area (Å²) < 4.78 is 0. The summed E-state index contributed by atoms with van der Waals surface area (Å²) in [6.07, 6.45) is 0. The number of aryl methyl sites for hydroxylation is 6. The molecule has 0 aliphatic carbocycles. The molecule has 314 valence electrons. The summed E-state index contributed by atoms with van der Waals surface area (Å²) >= 11 is 0. The highest BCUT2D eigenvalue weighted by Gasteiger charge is 2.22. The summed E-state index contributed by atoms with van der Waals surface area (Å²) in [6, 6.07) is 78.7. The zero-order valence-electron chi connectivity index (χ0n) is 37.6. The van der Waals surface area contributed by atoms with Crippen molar-refractivity contribution < 1.29 is 0 Å². The molecular weight excluding hydrogens is 777 g/mol. The number of para-hydroxylation sites is 6. The van der Waals surface area contributed by atoms with Crippen molar-refractivity contribution in [2.75, 3.05) is 19.6 Å². The van der Waals surface area contributed by atoms with E-state index in [0.29, 0.717) is 0 Å². The molecule has 0 fully saturated rings. The fourth-order valence-electron chi connectivity index (χ4n) is 8.81. The Morgan fingerprint density at radius 1 is 0.172 bits per heavy atom. The summed E-state index contributed by atoms with van der Waals surface area (Å²) in [6.45, 7) is 13.1. The minimum atomic E-state index is 1.08. The molecule has 9 rings (SSSR count). The number of hydrogen-bond donors (Lipinski definition) is 0. The number of hydrogen-bond acceptors (Lipinski definition) is 4. The average molecular weight is 831 g/mol. The van der Waals surface area contributed by atoms with Gasteiger partial charge in [0.05, 0.1) is 0 Å². The predicted molar refractivity (Wildman–Crippen MR) is 274 cm³/mol. The van der Waals surface area contributed by atoms with Gasteiger partial charge in [0.15, 0.2) is 0 Å². The minimum absolute atomic E-state index is 1.08. The molecule has 0 amide bonds. The van der Waals surface area contributed by atoms with E-state index in [2.05, 4.69) is 280 Å². The van der Waals surface area contributed by atoms with Crippen LogP contribution in [0.5, 0.6) is 0 Å². The standard InChI is InChI=1S/C60H54N4/c1-43-19-7-13-25-55(43)61(51-35-39-53(40-36-51)63(57-27-15-9-21-45(57)3)58-28-16-10-22-46(58)4)49-31-33-50(34-32-49)62(56-26-14-8-20-44(56)2)52-37-41-54(42-38-52)64(59-29-17-11-23-47(59)5)60-30-18-12-24-48(60)6/h7-42H,1-6H3. The van der Waals surface area contributed by atoms with Crippen LogP contribution in [0, 0.1) is 41.5 Å². The fraction of sp³-hybridized carbons (Fsp3) is 0.100. The molecule has 9 aromatic rings. The van der Waals surface area contributed by atoms with Crippen molar-refractivity contribution in [3.05, 3.63) is 252 Å². The van der Waals surface area contributed by atoms with E-state index in [1.165, 1.54) is 56.1 Å². The van der Waals surface area contributed by atoms with Gasteiger partial charge >= 0.3 is 0 Å². The van der Waals surface area contributed by atoms with Gasteiger partial charge in [0.2, 0.25) is 0 Å². The molecule has 0 aliphatic rings. The Morgan fingerprint density at radius 3 is 0.484 bits per heavy atom. The molecule has 0 aromatic heterocycles. The van der Waals surface area contributed by atoms with Gasteiger partial charge < -0.3 is 19.6 Å². The van der Waals surface area contributed by atoms with Crippen LogP contribution in [-0.4, -0.2) is 0 Å². The lowest BCUT2D eigenvalue weighted by Crippen LogP contribution is -2.15. The van der Waals surface area contributed by atoms with Crippen LogP contribution in [0.15, 0.2) is 218 Å². The Hall–Kier alpha value is -7.82. The van der Waals surface area contributed by atoms with Crippen molar-refractivity contribution in [1.29, 1.82) is 0 Å². The number of rotatable bonds is 12. The highest BCUT2D eigenvalue weighted by Crippen LogP contribution is 2.45. The molecule has 0 bridgehead atoms. The Balaban J connectivity index is 1.10. The van der Waals surface area contributed by atoms with E-state index in [1.807, 2.05) is 0 Å². The Kier molecular flexibility index (Phi) is 11.8. The first kappa shape index (κ1) is 41.5. The van der Waals surface area contributed by atoms with Crippen LogP contribution in [0.3, 0.4) is 0 Å². The summed E-state index contributed by atoms with van der Waals surface area (Å²) in [5, 5.41) is 0. The molecule has 64 heavy (non-hydrogen) atoms. The van der Waals surface area contributed by atoms with Gasteiger partial charge in [0, 0.05) is 68.2 Å². The SMILES string of the molecule is Cc1ccccc1N(c1ccc(N(c2ccc(N(c3ccccc3C)c3ccccc3C)cc2)c2ccccc2C)cc1)c1ccc(N(c2ccccc2C)c2ccccc2C)cc1. The van der Waals surface area contributed by atoms with E-state index in [0.717, 1.165) is 45.5 Å². The van der Waals surface area contributed by atoms with Gasteiger partial charge in [-0.1, -0.05) is 109 Å². The monoisotopic (exact) mass is 830 g/mol. The smallest absolute Gasteiger partial charge is 0.0490 e. The number of nitrogens with zero attached hydrogens (tertiary/aromatic N) is 4. The van der Waals surface area contributed by atoms with E-state index in [1.54, 1.807) is 0 Å². The third-order valence-electron chi connectivity index (χ3n) is 12.2. The van der Waals surface area contributed by atoms with Crippen LogP contribution in [0.2, 0.25) is 0 Å². The molecule has 4 heteroatoms. The van der Waals surface area contributed by atoms with Gasteiger partial charge in [0.1, 0.15) is 0 Å². The molecule has 0 aliphatic heterocycles. The molecule has 0 heterocycles. The first-order valence-corrected chi connectivity index (χ1v) is 22.1. The predicted octanol–water partition coefficient (Wildman–Crippen LogP) is 17.4. The van der Waals surface area contributed by atoms with Crippen LogP contribution >= 0.6 is 0 Å². The molecule has 0 saturated heterocycles. The maximum absolute atomic E-state index is 2.37. The Bertz CT molecular complexity index is 2730. The number of anilines is 12. The van der Waals surface area contributed by atoms with E-state index in [-0.39, 0.29) is 0 Å². The van der Waals surface area contributed by atoms with E-state index < -0.39 is 0 Å². The van der Waals surface area contributed by atoms with Gasteiger partial charge in [0.25, 0.3) is 0 Å². The maximum Gasteiger partial charge on any atom is 0.0490 e. The molecule has 0 radical (unpaired) electrons. The van der Waals surface area contributed by atoms with Gasteiger partial charge in [-0.2, -0.15) is 0 Å². The van der Waals surface area contributed by atoms with E-state index >= 15 is 0 Å². The first-order chi connectivity index (χ1) is 31.3. The Labute approximate surface area is 379 Å². The van der Waals surface area contributed by atoms with Gasteiger partial charge in [-0.25, -0.2) is 0 Å². The van der Waals surface area contributed by atoms with Crippen molar-refractivity contribution in [2.45, 2.75) is 41.5 Å². The minimum Gasteiger partial charge on any atom is -0.310 e. The van der Waals surface area contributed by atoms with Crippen molar-refractivity contribution in [3.8, 4) is 0 Å². The van der Waals surface area contributed by atoms with Crippen LogP contribution in [-0.2, 0) is 0 Å². The Morgan fingerprint density at radius 2 is 0.312 bits per heavy atom.